The molecule has 3 saturated heterocycles. The van der Waals surface area contributed by atoms with E-state index in [9.17, 15) is 14.7 Å². The van der Waals surface area contributed by atoms with Gasteiger partial charge in [-0.05, 0) is 73.1 Å². The van der Waals surface area contributed by atoms with Gasteiger partial charge >= 0.3 is 0 Å². The van der Waals surface area contributed by atoms with Crippen molar-refractivity contribution in [1.29, 1.82) is 0 Å². The zero-order chi connectivity index (χ0) is 42.7. The van der Waals surface area contributed by atoms with Crippen LogP contribution in [-0.4, -0.2) is 84.0 Å². The predicted molar refractivity (Wildman–Crippen MR) is 228 cm³/mol. The summed E-state index contributed by atoms with van der Waals surface area (Å²) in [6, 6.07) is 24.7. The van der Waals surface area contributed by atoms with E-state index in [2.05, 4.69) is 22.5 Å². The molecule has 0 radical (unpaired) electrons. The molecule has 4 amide bonds. The number of phenols is 1. The summed E-state index contributed by atoms with van der Waals surface area (Å²) in [5.74, 6) is -4.94. The molecule has 14 heteroatoms. The normalized spacial score (nSPS) is 26.4. The fourth-order valence-corrected chi connectivity index (χ4v) is 11.3. The zero-order valence-electron chi connectivity index (χ0n) is 34.0. The van der Waals surface area contributed by atoms with Crippen molar-refractivity contribution in [2.45, 2.75) is 49.6 Å². The van der Waals surface area contributed by atoms with Crippen molar-refractivity contribution in [1.82, 2.24) is 14.8 Å². The summed E-state index contributed by atoms with van der Waals surface area (Å²) in [5.41, 5.74) is 4.22. The van der Waals surface area contributed by atoms with E-state index >= 15 is 9.59 Å². The number of carbonyl (C=O) groups is 4. The number of likely N-dealkylation sites (tertiary alicyclic amines) is 2. The molecule has 12 nitrogen and oxygen atoms in total. The zero-order valence-corrected chi connectivity index (χ0v) is 35.5. The number of allylic oxidation sites excluding steroid dienone is 2. The van der Waals surface area contributed by atoms with Gasteiger partial charge in [-0.1, -0.05) is 77.3 Å². The Labute approximate surface area is 363 Å². The molecule has 0 spiro atoms. The quantitative estimate of drug-likeness (QED) is 0.123. The first kappa shape index (κ1) is 40.8. The summed E-state index contributed by atoms with van der Waals surface area (Å²) in [7, 11) is 4.47. The van der Waals surface area contributed by atoms with Crippen LogP contribution in [0.15, 0.2) is 96.6 Å². The standard InChI is InChI=1S/C47H46Cl2N4O8/c1-59-30-12-9-27(10-13-30)47-35(44(56)53(46(47)58)50-37-16-11-28(48)21-36(37)49)24-34-32(42(47)41-38(54)22-31(60-2)23-39(41)61-3)14-15-33-40(34)45(57)52(43(33)55)29-17-19-51(20-18-29)25-26-7-5-4-6-8-26/h4-14,16,21-23,29,33-35,40,42,50,54H,15,17-20,24-25H2,1-3H3/t33-,34+,35-,40-,42+,47+/m0/s1. The van der Waals surface area contributed by atoms with Gasteiger partial charge in [-0.3, -0.25) is 34.4 Å². The Morgan fingerprint density at radius 1 is 0.803 bits per heavy atom. The monoisotopic (exact) mass is 864 g/mol. The maximum Gasteiger partial charge on any atom is 0.260 e. The van der Waals surface area contributed by atoms with Crippen molar-refractivity contribution in [3.8, 4) is 23.0 Å². The van der Waals surface area contributed by atoms with Crippen LogP contribution in [0.1, 0.15) is 48.3 Å². The lowest BCUT2D eigenvalue weighted by molar-refractivity contribution is -0.144. The van der Waals surface area contributed by atoms with Gasteiger partial charge in [-0.2, -0.15) is 5.01 Å². The SMILES string of the molecule is COc1ccc([C@@]23C(=O)N(Nc4ccc(Cl)cc4Cl)C(=O)[C@@H]2C[C@@H]2C(=CC[C@@H]4C(=O)N(C5CCN(Cc6ccccc6)CC5)C(=O)[C@@H]42)[C@@H]3c2c(O)cc(OC)cc2OC)cc1. The number of benzene rings is 4. The predicted octanol–water partition coefficient (Wildman–Crippen LogP) is 7.37. The van der Waals surface area contributed by atoms with Crippen LogP contribution in [0.5, 0.6) is 23.0 Å². The number of halogens is 2. The lowest BCUT2D eigenvalue weighted by Gasteiger charge is -2.50. The molecule has 6 atom stereocenters. The van der Waals surface area contributed by atoms with Crippen molar-refractivity contribution >= 4 is 52.5 Å². The Balaban J connectivity index is 1.16. The number of hydrazine groups is 1. The third-order valence-corrected chi connectivity index (χ3v) is 14.2. The molecule has 61 heavy (non-hydrogen) atoms. The number of fused-ring (bicyclic) bond motifs is 4. The van der Waals surface area contributed by atoms with Gasteiger partial charge in [-0.15, -0.1) is 0 Å². The van der Waals surface area contributed by atoms with Crippen LogP contribution in [0.4, 0.5) is 5.69 Å². The number of hydrogen-bond acceptors (Lipinski definition) is 10. The van der Waals surface area contributed by atoms with Crippen molar-refractivity contribution in [2.75, 3.05) is 39.8 Å². The number of imide groups is 2. The van der Waals surface area contributed by atoms with Crippen LogP contribution in [0.25, 0.3) is 0 Å². The van der Waals surface area contributed by atoms with Crippen molar-refractivity contribution in [3.63, 3.8) is 0 Å². The second-order valence-electron chi connectivity index (χ2n) is 16.5. The Morgan fingerprint density at radius 2 is 1.52 bits per heavy atom. The number of piperidine rings is 1. The summed E-state index contributed by atoms with van der Waals surface area (Å²) in [5, 5.41) is 13.6. The van der Waals surface area contributed by atoms with Crippen LogP contribution in [0, 0.1) is 23.7 Å². The highest BCUT2D eigenvalue weighted by Gasteiger charge is 2.71. The van der Waals surface area contributed by atoms with E-state index in [0.717, 1.165) is 24.6 Å². The second kappa shape index (κ2) is 16.0. The molecule has 5 aliphatic rings. The van der Waals surface area contributed by atoms with Crippen LogP contribution in [0.2, 0.25) is 10.0 Å². The minimum atomic E-state index is -1.69. The molecule has 4 aromatic carbocycles. The average molecular weight is 866 g/mol. The van der Waals surface area contributed by atoms with Crippen LogP contribution in [0.3, 0.4) is 0 Å². The Kier molecular flexibility index (Phi) is 10.7. The van der Waals surface area contributed by atoms with Gasteiger partial charge in [0.05, 0.1) is 55.2 Å². The molecular weight excluding hydrogens is 819 g/mol. The molecule has 1 saturated carbocycles. The molecule has 0 unspecified atom stereocenters. The molecule has 2 aliphatic carbocycles. The largest absolute Gasteiger partial charge is 0.507 e. The number of nitrogens with zero attached hydrogens (tertiary/aromatic N) is 3. The third kappa shape index (κ3) is 6.61. The highest BCUT2D eigenvalue weighted by molar-refractivity contribution is 6.36. The summed E-state index contributed by atoms with van der Waals surface area (Å²) < 4.78 is 17.0. The van der Waals surface area contributed by atoms with Gasteiger partial charge in [-0.25, -0.2) is 0 Å². The number of ether oxygens (including phenoxy) is 3. The summed E-state index contributed by atoms with van der Waals surface area (Å²) in [4.78, 5) is 64.2. The van der Waals surface area contributed by atoms with E-state index in [1.54, 1.807) is 42.5 Å². The molecular formula is C47H46Cl2N4O8. The van der Waals surface area contributed by atoms with Gasteiger partial charge in [0.1, 0.15) is 23.0 Å². The highest BCUT2D eigenvalue weighted by Crippen LogP contribution is 2.66. The molecule has 9 rings (SSSR count). The summed E-state index contributed by atoms with van der Waals surface area (Å²) >= 11 is 12.8. The van der Waals surface area contributed by atoms with E-state index in [1.807, 2.05) is 24.3 Å². The second-order valence-corrected chi connectivity index (χ2v) is 17.4. The van der Waals surface area contributed by atoms with Crippen LogP contribution in [-0.2, 0) is 31.1 Å². The van der Waals surface area contributed by atoms with Crippen LogP contribution < -0.4 is 19.6 Å². The van der Waals surface area contributed by atoms with E-state index < -0.39 is 46.8 Å². The first-order chi connectivity index (χ1) is 29.5. The van der Waals surface area contributed by atoms with Crippen LogP contribution >= 0.6 is 23.2 Å². The molecule has 2 N–H and O–H groups in total. The van der Waals surface area contributed by atoms with E-state index in [4.69, 9.17) is 37.4 Å². The maximum absolute atomic E-state index is 15.7. The number of rotatable bonds is 10. The van der Waals surface area contributed by atoms with Gasteiger partial charge in [0.2, 0.25) is 11.8 Å². The first-order valence-electron chi connectivity index (χ1n) is 20.5. The molecule has 3 aliphatic heterocycles. The maximum atomic E-state index is 15.7. The Hall–Kier alpha value is -5.56. The third-order valence-electron chi connectivity index (χ3n) is 13.6. The first-order valence-corrected chi connectivity index (χ1v) is 21.3. The molecule has 0 bridgehead atoms. The summed E-state index contributed by atoms with van der Waals surface area (Å²) in [6.07, 6.45) is 3.58. The molecule has 4 fully saturated rings. The summed E-state index contributed by atoms with van der Waals surface area (Å²) in [6.45, 7) is 2.27. The smallest absolute Gasteiger partial charge is 0.260 e. The lowest BCUT2D eigenvalue weighted by Crippen LogP contribution is -2.53. The number of nitrogens with one attached hydrogen (secondary N) is 1. The van der Waals surface area contributed by atoms with Crippen molar-refractivity contribution < 1.29 is 38.5 Å². The molecule has 4 aromatic rings. The van der Waals surface area contributed by atoms with Gasteiger partial charge in [0.25, 0.3) is 11.8 Å². The van der Waals surface area contributed by atoms with Gasteiger partial charge in [0.15, 0.2) is 0 Å². The number of methoxy groups -OCH3 is 3. The highest BCUT2D eigenvalue weighted by atomic mass is 35.5. The fraction of sp³-hybridized carbons (Fsp3) is 0.362. The Morgan fingerprint density at radius 3 is 2.20 bits per heavy atom. The number of anilines is 1. The van der Waals surface area contributed by atoms with E-state index in [-0.39, 0.29) is 58.5 Å². The molecule has 0 aromatic heterocycles. The fourth-order valence-electron chi connectivity index (χ4n) is 10.9. The Bertz CT molecular complexity index is 2440. The molecule has 3 heterocycles. The number of hydrogen-bond donors (Lipinski definition) is 2. The number of aromatic hydroxyl groups is 1. The van der Waals surface area contributed by atoms with E-state index in [0.29, 0.717) is 40.5 Å². The minimum Gasteiger partial charge on any atom is -0.507 e. The van der Waals surface area contributed by atoms with E-state index in [1.165, 1.54) is 43.9 Å². The van der Waals surface area contributed by atoms with Crippen molar-refractivity contribution in [3.05, 3.63) is 123 Å². The average Bonchev–Trinajstić information content (AvgIpc) is 3.65. The van der Waals surface area contributed by atoms with Gasteiger partial charge in [0, 0.05) is 54.3 Å². The van der Waals surface area contributed by atoms with Crippen molar-refractivity contribution in [2.24, 2.45) is 23.7 Å². The number of amides is 4. The number of carbonyl (C=O) groups excluding carboxylic acids is 4. The van der Waals surface area contributed by atoms with Gasteiger partial charge < -0.3 is 19.3 Å². The topological polar surface area (TPSA) is 138 Å². The number of phenolic OH excluding ortho intramolecular Hbond substituents is 1. The lowest BCUT2D eigenvalue weighted by atomic mass is 9.49. The molecule has 316 valence electrons. The minimum absolute atomic E-state index is 0.0776.